The lowest BCUT2D eigenvalue weighted by atomic mass is 10.3. The number of carbonyl (C=O) groups excluding carboxylic acids is 1. The molecule has 0 aliphatic carbocycles. The fourth-order valence-corrected chi connectivity index (χ4v) is 1.59. The third kappa shape index (κ3) is 4.27. The zero-order valence-electron chi connectivity index (χ0n) is 6.86. The van der Waals surface area contributed by atoms with Gasteiger partial charge < -0.3 is 5.32 Å². The highest BCUT2D eigenvalue weighted by atomic mass is 32.2. The topological polar surface area (TPSA) is 95.5 Å². The van der Waals surface area contributed by atoms with Gasteiger partial charge in [-0.15, -0.1) is 0 Å². The van der Waals surface area contributed by atoms with Crippen LogP contribution in [0.1, 0.15) is 0 Å². The first-order valence-electron chi connectivity index (χ1n) is 3.19. The second kappa shape index (κ2) is 4.39. The van der Waals surface area contributed by atoms with E-state index in [0.29, 0.717) is 0 Å². The molecule has 6 nitrogen and oxygen atoms in total. The van der Waals surface area contributed by atoms with Crippen molar-refractivity contribution >= 4 is 15.7 Å². The van der Waals surface area contributed by atoms with Crippen molar-refractivity contribution in [2.75, 3.05) is 19.1 Å². The minimum atomic E-state index is -3.22. The summed E-state index contributed by atoms with van der Waals surface area (Å²) >= 11 is 0. The summed E-state index contributed by atoms with van der Waals surface area (Å²) in [5.74, 6) is -1.10. The Morgan fingerprint density at radius 3 is 2.33 bits per heavy atom. The van der Waals surface area contributed by atoms with Crippen molar-refractivity contribution in [3.63, 3.8) is 0 Å². The van der Waals surface area contributed by atoms with Crippen molar-refractivity contribution in [1.82, 2.24) is 10.8 Å². The third-order valence-corrected chi connectivity index (χ3v) is 2.18. The second-order valence-corrected chi connectivity index (χ2v) is 4.59. The van der Waals surface area contributed by atoms with E-state index in [2.05, 4.69) is 5.32 Å². The molecule has 0 heterocycles. The summed E-state index contributed by atoms with van der Waals surface area (Å²) in [6.07, 6.45) is 1.02. The molecular weight excluding hydrogens is 184 g/mol. The van der Waals surface area contributed by atoms with E-state index >= 15 is 0 Å². The van der Waals surface area contributed by atoms with Gasteiger partial charge in [0.25, 0.3) is 5.91 Å². The van der Waals surface area contributed by atoms with Crippen LogP contribution in [-0.2, 0) is 14.6 Å². The molecule has 3 N–H and O–H groups in total. The van der Waals surface area contributed by atoms with E-state index in [1.54, 1.807) is 0 Å². The molecule has 0 aliphatic heterocycles. The van der Waals surface area contributed by atoms with Gasteiger partial charge in [0.1, 0.15) is 15.9 Å². The van der Waals surface area contributed by atoms with Crippen molar-refractivity contribution in [2.24, 2.45) is 0 Å². The average molecular weight is 196 g/mol. The van der Waals surface area contributed by atoms with Gasteiger partial charge in [0.2, 0.25) is 0 Å². The molecule has 72 valence electrons. The lowest BCUT2D eigenvalue weighted by Gasteiger charge is -2.11. The maximum atomic E-state index is 10.7. The molecule has 0 saturated heterocycles. The van der Waals surface area contributed by atoms with Gasteiger partial charge in [-0.3, -0.25) is 10.0 Å². The fraction of sp³-hybridized carbons (Fsp3) is 0.800. The number of nitrogens with one attached hydrogen (secondary N) is 2. The molecule has 0 saturated carbocycles. The molecule has 1 unspecified atom stereocenters. The van der Waals surface area contributed by atoms with Gasteiger partial charge >= 0.3 is 0 Å². The van der Waals surface area contributed by atoms with Gasteiger partial charge in [-0.2, -0.15) is 0 Å². The SMILES string of the molecule is CNC(CS(C)(=O)=O)C(=O)NO. The molecule has 1 amide bonds. The number of hydrogen-bond donors (Lipinski definition) is 3. The van der Waals surface area contributed by atoms with Crippen molar-refractivity contribution in [2.45, 2.75) is 6.04 Å². The van der Waals surface area contributed by atoms with Gasteiger partial charge in [-0.25, -0.2) is 13.9 Å². The molecule has 7 heteroatoms. The molecule has 12 heavy (non-hydrogen) atoms. The summed E-state index contributed by atoms with van der Waals surface area (Å²) in [6.45, 7) is 0. The first-order chi connectivity index (χ1) is 5.40. The quantitative estimate of drug-likeness (QED) is 0.361. The summed E-state index contributed by atoms with van der Waals surface area (Å²) in [7, 11) is -1.79. The normalized spacial score (nSPS) is 13.9. The first-order valence-corrected chi connectivity index (χ1v) is 5.25. The monoisotopic (exact) mass is 196 g/mol. The lowest BCUT2D eigenvalue weighted by molar-refractivity contribution is -0.130. The Hall–Kier alpha value is -0.660. The van der Waals surface area contributed by atoms with Crippen molar-refractivity contribution < 1.29 is 18.4 Å². The van der Waals surface area contributed by atoms with Gasteiger partial charge in [0.15, 0.2) is 0 Å². The number of hydrogen-bond acceptors (Lipinski definition) is 5. The van der Waals surface area contributed by atoms with Crippen LogP contribution in [0, 0.1) is 0 Å². The maximum absolute atomic E-state index is 10.7. The largest absolute Gasteiger partial charge is 0.308 e. The van der Waals surface area contributed by atoms with E-state index in [1.807, 2.05) is 0 Å². The lowest BCUT2D eigenvalue weighted by Crippen LogP contribution is -2.45. The molecule has 0 aromatic carbocycles. The Morgan fingerprint density at radius 1 is 1.58 bits per heavy atom. The van der Waals surface area contributed by atoms with Crippen molar-refractivity contribution in [3.05, 3.63) is 0 Å². The molecule has 0 radical (unpaired) electrons. The van der Waals surface area contributed by atoms with Crippen LogP contribution in [0.25, 0.3) is 0 Å². The molecule has 1 atom stereocenters. The van der Waals surface area contributed by atoms with Crippen LogP contribution in [0.4, 0.5) is 0 Å². The number of sulfone groups is 1. The van der Waals surface area contributed by atoms with Crippen LogP contribution in [0.2, 0.25) is 0 Å². The molecule has 0 bridgehead atoms. The Kier molecular flexibility index (Phi) is 4.15. The van der Waals surface area contributed by atoms with Crippen LogP contribution in [0.3, 0.4) is 0 Å². The van der Waals surface area contributed by atoms with Gasteiger partial charge in [0.05, 0.1) is 5.75 Å². The fourth-order valence-electron chi connectivity index (χ4n) is 0.671. The van der Waals surface area contributed by atoms with E-state index in [4.69, 9.17) is 5.21 Å². The van der Waals surface area contributed by atoms with Gasteiger partial charge in [0, 0.05) is 6.26 Å². The van der Waals surface area contributed by atoms with E-state index in [9.17, 15) is 13.2 Å². The summed E-state index contributed by atoms with van der Waals surface area (Å²) in [6, 6.07) is -0.912. The number of amides is 1. The summed E-state index contributed by atoms with van der Waals surface area (Å²) in [5, 5.41) is 10.7. The number of carbonyl (C=O) groups is 1. The van der Waals surface area contributed by atoms with Crippen molar-refractivity contribution in [3.8, 4) is 0 Å². The highest BCUT2D eigenvalue weighted by Crippen LogP contribution is 1.90. The number of likely N-dealkylation sites (N-methyl/N-ethyl adjacent to an activating group) is 1. The minimum Gasteiger partial charge on any atom is -0.308 e. The number of rotatable bonds is 4. The van der Waals surface area contributed by atoms with Crippen LogP contribution >= 0.6 is 0 Å². The molecule has 0 spiro atoms. The Balaban J connectivity index is 4.29. The highest BCUT2D eigenvalue weighted by molar-refractivity contribution is 7.90. The Bertz CT molecular complexity index is 248. The summed E-state index contributed by atoms with van der Waals surface area (Å²) in [5.41, 5.74) is 1.37. The van der Waals surface area contributed by atoms with E-state index in [-0.39, 0.29) is 5.75 Å². The molecular formula is C5H12N2O4S. The average Bonchev–Trinajstić information content (AvgIpc) is 1.97. The smallest absolute Gasteiger partial charge is 0.261 e. The predicted octanol–water partition coefficient (Wildman–Crippen LogP) is -1.88. The maximum Gasteiger partial charge on any atom is 0.261 e. The standard InChI is InChI=1S/C5H12N2O4S/c1-6-4(5(8)7-9)3-12(2,10)11/h4,6,9H,3H2,1-2H3,(H,7,8). The second-order valence-electron chi connectivity index (χ2n) is 2.41. The zero-order chi connectivity index (χ0) is 9.78. The molecule has 0 aromatic heterocycles. The Labute approximate surface area is 70.8 Å². The predicted molar refractivity (Wildman–Crippen MR) is 42.5 cm³/mol. The van der Waals surface area contributed by atoms with E-state index in [0.717, 1.165) is 6.26 Å². The van der Waals surface area contributed by atoms with Crippen LogP contribution in [0.15, 0.2) is 0 Å². The van der Waals surface area contributed by atoms with Crippen LogP contribution in [0.5, 0.6) is 0 Å². The Morgan fingerprint density at radius 2 is 2.08 bits per heavy atom. The van der Waals surface area contributed by atoms with Crippen LogP contribution in [-0.4, -0.2) is 44.6 Å². The van der Waals surface area contributed by atoms with E-state index in [1.165, 1.54) is 12.5 Å². The minimum absolute atomic E-state index is 0.337. The van der Waals surface area contributed by atoms with Crippen molar-refractivity contribution in [1.29, 1.82) is 0 Å². The van der Waals surface area contributed by atoms with Crippen LogP contribution < -0.4 is 10.8 Å². The first kappa shape index (κ1) is 11.3. The summed E-state index contributed by atoms with van der Waals surface area (Å²) in [4.78, 5) is 10.7. The molecule has 0 fully saturated rings. The van der Waals surface area contributed by atoms with Gasteiger partial charge in [-0.1, -0.05) is 0 Å². The molecule has 0 aliphatic rings. The zero-order valence-corrected chi connectivity index (χ0v) is 7.68. The van der Waals surface area contributed by atoms with E-state index < -0.39 is 21.8 Å². The summed E-state index contributed by atoms with van der Waals surface area (Å²) < 4.78 is 21.4. The molecule has 0 aromatic rings. The highest BCUT2D eigenvalue weighted by Gasteiger charge is 2.20. The third-order valence-electron chi connectivity index (χ3n) is 1.24. The number of hydroxylamine groups is 1. The van der Waals surface area contributed by atoms with Gasteiger partial charge in [-0.05, 0) is 7.05 Å². The molecule has 0 rings (SSSR count).